The van der Waals surface area contributed by atoms with E-state index < -0.39 is 0 Å². The molecule has 1 aromatic heterocycles. The van der Waals surface area contributed by atoms with Crippen LogP contribution in [0.4, 0.5) is 11.6 Å². The predicted molar refractivity (Wildman–Crippen MR) is 94.7 cm³/mol. The summed E-state index contributed by atoms with van der Waals surface area (Å²) < 4.78 is 0. The summed E-state index contributed by atoms with van der Waals surface area (Å²) in [6, 6.07) is 28.2. The zero-order chi connectivity index (χ0) is 15.5. The second kappa shape index (κ2) is 5.89. The third-order valence-electron chi connectivity index (χ3n) is 3.68. The molecule has 4 rings (SSSR count). The van der Waals surface area contributed by atoms with Crippen molar-refractivity contribution >= 4 is 22.5 Å². The van der Waals surface area contributed by atoms with Crippen LogP contribution >= 0.6 is 0 Å². The lowest BCUT2D eigenvalue weighted by molar-refractivity contribution is 1.22. The van der Waals surface area contributed by atoms with Gasteiger partial charge < -0.3 is 5.32 Å². The molecule has 0 saturated carbocycles. The molecule has 0 spiro atoms. The standard InChI is InChI=1S/C20H15N3/c1-3-9-15(10-4-1)19-17-13-7-8-14-18(17)22-20(23-19)21-16-11-5-2-6-12-16/h1-14H,(H,21,22,23). The highest BCUT2D eigenvalue weighted by Crippen LogP contribution is 2.27. The van der Waals surface area contributed by atoms with Gasteiger partial charge in [-0.1, -0.05) is 66.7 Å². The Kier molecular flexibility index (Phi) is 3.45. The molecule has 110 valence electrons. The van der Waals surface area contributed by atoms with Crippen molar-refractivity contribution in [2.75, 3.05) is 5.32 Å². The van der Waals surface area contributed by atoms with Gasteiger partial charge in [0.15, 0.2) is 0 Å². The van der Waals surface area contributed by atoms with Crippen LogP contribution in [0.3, 0.4) is 0 Å². The Morgan fingerprint density at radius 3 is 2.04 bits per heavy atom. The van der Waals surface area contributed by atoms with E-state index in [-0.39, 0.29) is 0 Å². The van der Waals surface area contributed by atoms with Crippen molar-refractivity contribution < 1.29 is 0 Å². The number of aromatic nitrogens is 2. The first-order valence-corrected chi connectivity index (χ1v) is 7.54. The first-order chi connectivity index (χ1) is 11.4. The number of fused-ring (bicyclic) bond motifs is 1. The van der Waals surface area contributed by atoms with Gasteiger partial charge in [-0.3, -0.25) is 0 Å². The molecule has 0 bridgehead atoms. The predicted octanol–water partition coefficient (Wildman–Crippen LogP) is 5.04. The first kappa shape index (κ1) is 13.5. The molecule has 0 unspecified atom stereocenters. The maximum absolute atomic E-state index is 4.74. The molecule has 0 aliphatic heterocycles. The number of para-hydroxylation sites is 2. The summed E-state index contributed by atoms with van der Waals surface area (Å²) in [7, 11) is 0. The van der Waals surface area contributed by atoms with Crippen LogP contribution < -0.4 is 5.32 Å². The number of hydrogen-bond donors (Lipinski definition) is 1. The summed E-state index contributed by atoms with van der Waals surface area (Å²) >= 11 is 0. The van der Waals surface area contributed by atoms with Gasteiger partial charge in [0, 0.05) is 16.6 Å². The fraction of sp³-hybridized carbons (Fsp3) is 0. The maximum Gasteiger partial charge on any atom is 0.228 e. The summed E-state index contributed by atoms with van der Waals surface area (Å²) in [4.78, 5) is 9.38. The molecule has 0 aliphatic carbocycles. The Bertz CT molecular complexity index is 935. The van der Waals surface area contributed by atoms with Crippen molar-refractivity contribution in [3.05, 3.63) is 84.9 Å². The highest BCUT2D eigenvalue weighted by atomic mass is 15.1. The fourth-order valence-corrected chi connectivity index (χ4v) is 2.60. The van der Waals surface area contributed by atoms with Crippen LogP contribution in [0.1, 0.15) is 0 Å². The molecule has 0 aliphatic rings. The van der Waals surface area contributed by atoms with E-state index in [1.165, 1.54) is 0 Å². The maximum atomic E-state index is 4.74. The minimum absolute atomic E-state index is 0.605. The van der Waals surface area contributed by atoms with Crippen molar-refractivity contribution in [2.24, 2.45) is 0 Å². The van der Waals surface area contributed by atoms with Crippen LogP contribution in [0, 0.1) is 0 Å². The zero-order valence-corrected chi connectivity index (χ0v) is 12.5. The molecule has 3 nitrogen and oxygen atoms in total. The van der Waals surface area contributed by atoms with Crippen molar-refractivity contribution in [3.63, 3.8) is 0 Å². The third kappa shape index (κ3) is 2.77. The Balaban J connectivity index is 1.87. The number of hydrogen-bond acceptors (Lipinski definition) is 3. The van der Waals surface area contributed by atoms with E-state index >= 15 is 0 Å². The normalized spacial score (nSPS) is 10.6. The quantitative estimate of drug-likeness (QED) is 0.575. The minimum Gasteiger partial charge on any atom is -0.324 e. The summed E-state index contributed by atoms with van der Waals surface area (Å²) in [5, 5.41) is 4.34. The summed E-state index contributed by atoms with van der Waals surface area (Å²) in [5.74, 6) is 0.605. The molecule has 3 heteroatoms. The van der Waals surface area contributed by atoms with Gasteiger partial charge in [0.05, 0.1) is 11.2 Å². The largest absolute Gasteiger partial charge is 0.324 e. The lowest BCUT2D eigenvalue weighted by atomic mass is 10.1. The van der Waals surface area contributed by atoms with Crippen LogP contribution in [0.15, 0.2) is 84.9 Å². The molecule has 0 amide bonds. The molecule has 23 heavy (non-hydrogen) atoms. The van der Waals surface area contributed by atoms with Crippen LogP contribution in [0.5, 0.6) is 0 Å². The van der Waals surface area contributed by atoms with Gasteiger partial charge in [-0.2, -0.15) is 0 Å². The molecule has 0 saturated heterocycles. The smallest absolute Gasteiger partial charge is 0.228 e. The molecule has 1 heterocycles. The second-order valence-electron chi connectivity index (χ2n) is 5.27. The average molecular weight is 297 g/mol. The van der Waals surface area contributed by atoms with Gasteiger partial charge >= 0.3 is 0 Å². The van der Waals surface area contributed by atoms with E-state index in [9.17, 15) is 0 Å². The van der Waals surface area contributed by atoms with Gasteiger partial charge in [0.25, 0.3) is 0 Å². The third-order valence-corrected chi connectivity index (χ3v) is 3.68. The Labute approximate surface area is 134 Å². The molecule has 1 N–H and O–H groups in total. The van der Waals surface area contributed by atoms with Gasteiger partial charge in [-0.25, -0.2) is 9.97 Å². The van der Waals surface area contributed by atoms with Gasteiger partial charge in [-0.15, -0.1) is 0 Å². The van der Waals surface area contributed by atoms with E-state index in [4.69, 9.17) is 4.98 Å². The van der Waals surface area contributed by atoms with Crippen molar-refractivity contribution in [1.29, 1.82) is 0 Å². The SMILES string of the molecule is c1ccc(Nc2nc(-c3ccccc3)c3ccccc3n2)cc1. The number of nitrogens with zero attached hydrogens (tertiary/aromatic N) is 2. The van der Waals surface area contributed by atoms with Gasteiger partial charge in [0.1, 0.15) is 0 Å². The molecular formula is C20H15N3. The highest BCUT2D eigenvalue weighted by Gasteiger charge is 2.09. The molecule has 0 radical (unpaired) electrons. The molecular weight excluding hydrogens is 282 g/mol. The molecule has 3 aromatic carbocycles. The average Bonchev–Trinajstić information content (AvgIpc) is 2.63. The summed E-state index contributed by atoms with van der Waals surface area (Å²) in [6.45, 7) is 0. The van der Waals surface area contributed by atoms with Crippen LogP contribution in [-0.4, -0.2) is 9.97 Å². The molecule has 0 fully saturated rings. The van der Waals surface area contributed by atoms with Crippen molar-refractivity contribution in [2.45, 2.75) is 0 Å². The fourth-order valence-electron chi connectivity index (χ4n) is 2.60. The first-order valence-electron chi connectivity index (χ1n) is 7.54. The van der Waals surface area contributed by atoms with E-state index in [0.717, 1.165) is 27.8 Å². The summed E-state index contributed by atoms with van der Waals surface area (Å²) in [5.41, 5.74) is 3.93. The van der Waals surface area contributed by atoms with Gasteiger partial charge in [-0.05, 0) is 18.2 Å². The van der Waals surface area contributed by atoms with Crippen LogP contribution in [0.25, 0.3) is 22.2 Å². The van der Waals surface area contributed by atoms with E-state index in [0.29, 0.717) is 5.95 Å². The summed E-state index contributed by atoms with van der Waals surface area (Å²) in [6.07, 6.45) is 0. The Hall–Kier alpha value is -3.20. The lowest BCUT2D eigenvalue weighted by Gasteiger charge is -2.10. The lowest BCUT2D eigenvalue weighted by Crippen LogP contribution is -1.99. The Morgan fingerprint density at radius 2 is 1.26 bits per heavy atom. The van der Waals surface area contributed by atoms with Crippen LogP contribution in [-0.2, 0) is 0 Å². The number of anilines is 2. The number of benzene rings is 3. The highest BCUT2D eigenvalue weighted by molar-refractivity contribution is 5.93. The second-order valence-corrected chi connectivity index (χ2v) is 5.27. The van der Waals surface area contributed by atoms with Crippen molar-refractivity contribution in [1.82, 2.24) is 9.97 Å². The topological polar surface area (TPSA) is 37.8 Å². The Morgan fingerprint density at radius 1 is 0.609 bits per heavy atom. The molecule has 4 aromatic rings. The van der Waals surface area contributed by atoms with E-state index in [2.05, 4.69) is 28.5 Å². The number of rotatable bonds is 3. The van der Waals surface area contributed by atoms with Gasteiger partial charge in [0.2, 0.25) is 5.95 Å². The van der Waals surface area contributed by atoms with Crippen LogP contribution in [0.2, 0.25) is 0 Å². The zero-order valence-electron chi connectivity index (χ0n) is 12.5. The minimum atomic E-state index is 0.605. The monoisotopic (exact) mass is 297 g/mol. The number of nitrogens with one attached hydrogen (secondary N) is 1. The van der Waals surface area contributed by atoms with E-state index in [1.54, 1.807) is 0 Å². The van der Waals surface area contributed by atoms with E-state index in [1.807, 2.05) is 66.7 Å². The molecule has 0 atom stereocenters. The van der Waals surface area contributed by atoms with Crippen molar-refractivity contribution in [3.8, 4) is 11.3 Å².